The first-order chi connectivity index (χ1) is 12.7. The van der Waals surface area contributed by atoms with E-state index in [9.17, 15) is 4.79 Å². The summed E-state index contributed by atoms with van der Waals surface area (Å²) in [7, 11) is 0. The molecule has 1 N–H and O–H groups in total. The van der Waals surface area contributed by atoms with Crippen LogP contribution in [-0.4, -0.2) is 25.2 Å². The van der Waals surface area contributed by atoms with Gasteiger partial charge in [0.25, 0.3) is 0 Å². The highest BCUT2D eigenvalue weighted by molar-refractivity contribution is 9.10. The standard InChI is InChI=1S/C19H16BrN5O/c20-17-2-1-3-18-16(17)8-9-24(18)11-19(26)23-15-6-4-14(5-7-15)10-25-13-21-12-22-25/h1-9,12-13H,10-11H2,(H,23,26). The van der Waals surface area contributed by atoms with Crippen LogP contribution in [0.25, 0.3) is 10.9 Å². The Morgan fingerprint density at radius 2 is 1.96 bits per heavy atom. The van der Waals surface area contributed by atoms with E-state index in [-0.39, 0.29) is 12.5 Å². The van der Waals surface area contributed by atoms with Crippen molar-refractivity contribution in [2.45, 2.75) is 13.1 Å². The van der Waals surface area contributed by atoms with Crippen LogP contribution >= 0.6 is 15.9 Å². The van der Waals surface area contributed by atoms with Gasteiger partial charge in [-0.3, -0.25) is 4.79 Å². The molecule has 0 fully saturated rings. The Morgan fingerprint density at radius 1 is 1.12 bits per heavy atom. The topological polar surface area (TPSA) is 64.7 Å². The van der Waals surface area contributed by atoms with E-state index in [1.807, 2.05) is 59.3 Å². The molecule has 6 nitrogen and oxygen atoms in total. The average Bonchev–Trinajstić information content (AvgIpc) is 3.28. The van der Waals surface area contributed by atoms with Crippen molar-refractivity contribution in [3.63, 3.8) is 0 Å². The zero-order valence-corrected chi connectivity index (χ0v) is 15.4. The summed E-state index contributed by atoms with van der Waals surface area (Å²) < 4.78 is 4.72. The summed E-state index contributed by atoms with van der Waals surface area (Å²) in [6.07, 6.45) is 5.11. The molecule has 4 rings (SSSR count). The minimum Gasteiger partial charge on any atom is -0.338 e. The molecule has 4 aromatic rings. The number of carbonyl (C=O) groups excluding carboxylic acids is 1. The number of amides is 1. The molecular formula is C19H16BrN5O. The first kappa shape index (κ1) is 16.5. The third-order valence-electron chi connectivity index (χ3n) is 4.12. The number of carbonyl (C=O) groups is 1. The molecule has 0 aliphatic rings. The summed E-state index contributed by atoms with van der Waals surface area (Å²) >= 11 is 3.53. The molecule has 0 spiro atoms. The molecule has 2 aromatic heterocycles. The van der Waals surface area contributed by atoms with Gasteiger partial charge in [0, 0.05) is 27.3 Å². The molecule has 2 heterocycles. The summed E-state index contributed by atoms with van der Waals surface area (Å²) in [5.41, 5.74) is 2.89. The maximum atomic E-state index is 12.4. The van der Waals surface area contributed by atoms with Gasteiger partial charge in [-0.1, -0.05) is 34.1 Å². The first-order valence-corrected chi connectivity index (χ1v) is 8.93. The number of nitrogens with one attached hydrogen (secondary N) is 1. The van der Waals surface area contributed by atoms with Crippen molar-refractivity contribution < 1.29 is 4.79 Å². The Labute approximate surface area is 158 Å². The van der Waals surface area contributed by atoms with Gasteiger partial charge in [-0.25, -0.2) is 9.67 Å². The maximum Gasteiger partial charge on any atom is 0.244 e. The number of rotatable bonds is 5. The minimum atomic E-state index is -0.0634. The second kappa shape index (κ2) is 7.13. The highest BCUT2D eigenvalue weighted by Crippen LogP contribution is 2.24. The highest BCUT2D eigenvalue weighted by Gasteiger charge is 2.08. The summed E-state index contributed by atoms with van der Waals surface area (Å²) in [5.74, 6) is -0.0634. The van der Waals surface area contributed by atoms with Gasteiger partial charge in [0.2, 0.25) is 5.91 Å². The van der Waals surface area contributed by atoms with Gasteiger partial charge >= 0.3 is 0 Å². The molecule has 0 bridgehead atoms. The van der Waals surface area contributed by atoms with Crippen LogP contribution in [0, 0.1) is 0 Å². The van der Waals surface area contributed by atoms with Crippen LogP contribution in [0.1, 0.15) is 5.56 Å². The molecule has 0 atom stereocenters. The van der Waals surface area contributed by atoms with Gasteiger partial charge in [-0.05, 0) is 35.9 Å². The van der Waals surface area contributed by atoms with Crippen LogP contribution in [0.3, 0.4) is 0 Å². The van der Waals surface area contributed by atoms with Gasteiger partial charge in [-0.15, -0.1) is 0 Å². The van der Waals surface area contributed by atoms with Crippen LogP contribution in [0.5, 0.6) is 0 Å². The zero-order valence-electron chi connectivity index (χ0n) is 13.8. The number of aromatic nitrogens is 4. The van der Waals surface area contributed by atoms with Gasteiger partial charge < -0.3 is 9.88 Å². The van der Waals surface area contributed by atoms with Crippen molar-refractivity contribution in [2.24, 2.45) is 0 Å². The molecule has 0 aliphatic carbocycles. The third-order valence-corrected chi connectivity index (χ3v) is 4.81. The van der Waals surface area contributed by atoms with Crippen LogP contribution < -0.4 is 5.32 Å². The van der Waals surface area contributed by atoms with E-state index < -0.39 is 0 Å². The van der Waals surface area contributed by atoms with E-state index in [2.05, 4.69) is 31.3 Å². The van der Waals surface area contributed by atoms with Gasteiger partial charge in [0.15, 0.2) is 0 Å². The predicted molar refractivity (Wildman–Crippen MR) is 104 cm³/mol. The van der Waals surface area contributed by atoms with Crippen molar-refractivity contribution in [3.05, 3.63) is 77.4 Å². The molecular weight excluding hydrogens is 394 g/mol. The molecule has 1 amide bonds. The van der Waals surface area contributed by atoms with Crippen molar-refractivity contribution in [1.29, 1.82) is 0 Å². The number of halogens is 1. The Kier molecular flexibility index (Phi) is 4.53. The predicted octanol–water partition coefficient (Wildman–Crippen LogP) is 3.68. The summed E-state index contributed by atoms with van der Waals surface area (Å²) in [6, 6.07) is 15.7. The SMILES string of the molecule is O=C(Cn1ccc2c(Br)cccc21)Nc1ccc(Cn2cncn2)cc1. The molecule has 7 heteroatoms. The lowest BCUT2D eigenvalue weighted by Crippen LogP contribution is -2.18. The number of nitrogens with zero attached hydrogens (tertiary/aromatic N) is 4. The lowest BCUT2D eigenvalue weighted by molar-refractivity contribution is -0.116. The fourth-order valence-electron chi connectivity index (χ4n) is 2.87. The fraction of sp³-hybridized carbons (Fsp3) is 0.105. The van der Waals surface area contributed by atoms with Gasteiger partial charge in [0.05, 0.1) is 6.54 Å². The second-order valence-corrected chi connectivity index (χ2v) is 6.81. The van der Waals surface area contributed by atoms with E-state index in [0.717, 1.165) is 26.6 Å². The monoisotopic (exact) mass is 409 g/mol. The van der Waals surface area contributed by atoms with Crippen molar-refractivity contribution in [2.75, 3.05) is 5.32 Å². The average molecular weight is 410 g/mol. The fourth-order valence-corrected chi connectivity index (χ4v) is 3.36. The zero-order chi connectivity index (χ0) is 17.9. The van der Waals surface area contributed by atoms with E-state index in [1.165, 1.54) is 6.33 Å². The van der Waals surface area contributed by atoms with Crippen LogP contribution in [-0.2, 0) is 17.9 Å². The second-order valence-electron chi connectivity index (χ2n) is 5.95. The Hall–Kier alpha value is -2.93. The largest absolute Gasteiger partial charge is 0.338 e. The van der Waals surface area contributed by atoms with Crippen molar-refractivity contribution in [1.82, 2.24) is 19.3 Å². The van der Waals surface area contributed by atoms with Crippen LogP contribution in [0.15, 0.2) is 71.9 Å². The molecule has 0 unspecified atom stereocenters. The molecule has 0 radical (unpaired) electrons. The van der Waals surface area contributed by atoms with Crippen molar-refractivity contribution in [3.8, 4) is 0 Å². The van der Waals surface area contributed by atoms with E-state index in [1.54, 1.807) is 11.0 Å². The Morgan fingerprint density at radius 3 is 2.73 bits per heavy atom. The maximum absolute atomic E-state index is 12.4. The summed E-state index contributed by atoms with van der Waals surface area (Å²) in [6.45, 7) is 0.916. The summed E-state index contributed by atoms with van der Waals surface area (Å²) in [4.78, 5) is 16.3. The number of hydrogen-bond donors (Lipinski definition) is 1. The quantitative estimate of drug-likeness (QED) is 0.546. The molecule has 0 saturated carbocycles. The lowest BCUT2D eigenvalue weighted by Gasteiger charge is -2.09. The number of anilines is 1. The molecule has 2 aromatic carbocycles. The van der Waals surface area contributed by atoms with Gasteiger partial charge in [-0.2, -0.15) is 5.10 Å². The molecule has 0 saturated heterocycles. The number of benzene rings is 2. The highest BCUT2D eigenvalue weighted by atomic mass is 79.9. The Bertz CT molecular complexity index is 1040. The van der Waals surface area contributed by atoms with E-state index >= 15 is 0 Å². The van der Waals surface area contributed by atoms with E-state index in [0.29, 0.717) is 6.54 Å². The number of fused-ring (bicyclic) bond motifs is 1. The van der Waals surface area contributed by atoms with Crippen LogP contribution in [0.4, 0.5) is 5.69 Å². The molecule has 130 valence electrons. The molecule has 26 heavy (non-hydrogen) atoms. The summed E-state index contributed by atoms with van der Waals surface area (Å²) in [5, 5.41) is 8.12. The Balaban J connectivity index is 1.42. The lowest BCUT2D eigenvalue weighted by atomic mass is 10.2. The van der Waals surface area contributed by atoms with E-state index in [4.69, 9.17) is 0 Å². The third kappa shape index (κ3) is 3.52. The smallest absolute Gasteiger partial charge is 0.244 e. The number of hydrogen-bond acceptors (Lipinski definition) is 3. The molecule has 0 aliphatic heterocycles. The van der Waals surface area contributed by atoms with Gasteiger partial charge in [0.1, 0.15) is 19.2 Å². The van der Waals surface area contributed by atoms with Crippen LogP contribution in [0.2, 0.25) is 0 Å². The van der Waals surface area contributed by atoms with Crippen molar-refractivity contribution >= 4 is 38.4 Å². The normalized spacial score (nSPS) is 11.0. The minimum absolute atomic E-state index is 0.0634. The first-order valence-electron chi connectivity index (χ1n) is 8.13.